The lowest BCUT2D eigenvalue weighted by Gasteiger charge is -2.26. The molecule has 4 heteroatoms. The first-order valence-electron chi connectivity index (χ1n) is 14.2. The minimum absolute atomic E-state index is 0.0619. The summed E-state index contributed by atoms with van der Waals surface area (Å²) in [5.41, 5.74) is 9.52. The first-order chi connectivity index (χ1) is 18.9. The zero-order chi connectivity index (χ0) is 27.8. The predicted molar refractivity (Wildman–Crippen MR) is 165 cm³/mol. The highest BCUT2D eigenvalue weighted by Crippen LogP contribution is 2.34. The molecule has 3 aromatic carbocycles. The van der Waals surface area contributed by atoms with Gasteiger partial charge in [-0.05, 0) is 68.4 Å². The molecule has 3 nitrogen and oxygen atoms in total. The van der Waals surface area contributed by atoms with Gasteiger partial charge in [0.2, 0.25) is 0 Å². The van der Waals surface area contributed by atoms with Crippen molar-refractivity contribution in [2.45, 2.75) is 73.1 Å². The molecule has 204 valence electrons. The summed E-state index contributed by atoms with van der Waals surface area (Å²) in [6.45, 7) is 13.1. The van der Waals surface area contributed by atoms with Crippen LogP contribution in [0.4, 0.5) is 0 Å². The Balaban J connectivity index is 1.73. The van der Waals surface area contributed by atoms with Gasteiger partial charge in [0.05, 0.1) is 11.8 Å². The number of ether oxygens (including phenoxy) is 1. The molecule has 0 spiro atoms. The number of hydrogen-bond acceptors (Lipinski definition) is 3. The van der Waals surface area contributed by atoms with Gasteiger partial charge in [-0.25, -0.2) is 0 Å². The van der Waals surface area contributed by atoms with Crippen LogP contribution in [0.2, 0.25) is 5.02 Å². The highest BCUT2D eigenvalue weighted by molar-refractivity contribution is 6.31. The van der Waals surface area contributed by atoms with Crippen molar-refractivity contribution in [3.63, 3.8) is 0 Å². The van der Waals surface area contributed by atoms with Crippen LogP contribution in [-0.4, -0.2) is 22.5 Å². The zero-order valence-corrected chi connectivity index (χ0v) is 24.8. The van der Waals surface area contributed by atoms with Crippen molar-refractivity contribution in [2.75, 3.05) is 6.54 Å². The predicted octanol–water partition coefficient (Wildman–Crippen LogP) is 8.87. The summed E-state index contributed by atoms with van der Waals surface area (Å²) < 4.78 is 6.48. The Labute approximate surface area is 239 Å². The average Bonchev–Trinajstić information content (AvgIpc) is 2.94. The monoisotopic (exact) mass is 540 g/mol. The number of halogens is 1. The van der Waals surface area contributed by atoms with E-state index < -0.39 is 0 Å². The van der Waals surface area contributed by atoms with E-state index in [4.69, 9.17) is 21.3 Å². The molecule has 0 saturated carbocycles. The Morgan fingerprint density at radius 1 is 0.821 bits per heavy atom. The van der Waals surface area contributed by atoms with E-state index in [2.05, 4.69) is 106 Å². The van der Waals surface area contributed by atoms with Crippen LogP contribution in [0.3, 0.4) is 0 Å². The van der Waals surface area contributed by atoms with Crippen molar-refractivity contribution < 1.29 is 4.74 Å². The Bertz CT molecular complexity index is 1340. The SMILES string of the molecule is CCc1cccc(CC)c1-c1cc(OC(C)C)c(CN(CCc2ccccc2)Cc2ccccc2Cl)c(C)n1. The van der Waals surface area contributed by atoms with Gasteiger partial charge in [-0.2, -0.15) is 0 Å². The lowest BCUT2D eigenvalue weighted by atomic mass is 9.94. The summed E-state index contributed by atoms with van der Waals surface area (Å²) in [7, 11) is 0. The molecular formula is C35H41ClN2O. The first-order valence-corrected chi connectivity index (χ1v) is 14.5. The third-order valence-electron chi connectivity index (χ3n) is 7.20. The van der Waals surface area contributed by atoms with Gasteiger partial charge in [-0.3, -0.25) is 9.88 Å². The van der Waals surface area contributed by atoms with Gasteiger partial charge in [0.1, 0.15) is 5.75 Å². The Morgan fingerprint density at radius 3 is 2.10 bits per heavy atom. The summed E-state index contributed by atoms with van der Waals surface area (Å²) in [5, 5.41) is 0.800. The van der Waals surface area contributed by atoms with Crippen molar-refractivity contribution in [2.24, 2.45) is 0 Å². The summed E-state index contributed by atoms with van der Waals surface area (Å²) in [5.74, 6) is 0.921. The number of rotatable bonds is 12. The van der Waals surface area contributed by atoms with Crippen molar-refractivity contribution >= 4 is 11.6 Å². The molecule has 0 amide bonds. The standard InChI is InChI=1S/C35H41ClN2O/c1-6-28-17-13-18-29(7-2)35(28)33-22-34(39-25(3)4)31(26(5)37-33)24-38(21-20-27-14-9-8-10-15-27)23-30-16-11-12-19-32(30)36/h8-19,22,25H,6-7,20-21,23-24H2,1-5H3. The van der Waals surface area contributed by atoms with E-state index in [1.807, 2.05) is 12.1 Å². The normalized spacial score (nSPS) is 11.4. The maximum Gasteiger partial charge on any atom is 0.128 e. The van der Waals surface area contributed by atoms with Crippen LogP contribution in [-0.2, 0) is 32.4 Å². The van der Waals surface area contributed by atoms with Crippen molar-refractivity contribution in [3.8, 4) is 17.0 Å². The molecule has 0 aliphatic heterocycles. The van der Waals surface area contributed by atoms with E-state index in [1.165, 1.54) is 22.3 Å². The molecule has 39 heavy (non-hydrogen) atoms. The molecule has 0 N–H and O–H groups in total. The third kappa shape index (κ3) is 7.50. The molecule has 0 atom stereocenters. The Kier molecular flexibility index (Phi) is 10.2. The van der Waals surface area contributed by atoms with E-state index in [-0.39, 0.29) is 6.10 Å². The van der Waals surface area contributed by atoms with Gasteiger partial charge in [0.15, 0.2) is 0 Å². The van der Waals surface area contributed by atoms with E-state index in [1.54, 1.807) is 0 Å². The van der Waals surface area contributed by atoms with Crippen molar-refractivity contribution in [3.05, 3.63) is 117 Å². The summed E-state index contributed by atoms with van der Waals surface area (Å²) in [4.78, 5) is 7.65. The smallest absolute Gasteiger partial charge is 0.128 e. The molecular weight excluding hydrogens is 500 g/mol. The minimum Gasteiger partial charge on any atom is -0.491 e. The topological polar surface area (TPSA) is 25.4 Å². The van der Waals surface area contributed by atoms with Gasteiger partial charge in [0, 0.05) is 47.5 Å². The fourth-order valence-corrected chi connectivity index (χ4v) is 5.35. The lowest BCUT2D eigenvalue weighted by Crippen LogP contribution is -2.27. The fourth-order valence-electron chi connectivity index (χ4n) is 5.16. The van der Waals surface area contributed by atoms with Gasteiger partial charge in [-0.1, -0.05) is 92.2 Å². The van der Waals surface area contributed by atoms with E-state index in [9.17, 15) is 0 Å². The van der Waals surface area contributed by atoms with E-state index in [0.29, 0.717) is 0 Å². The number of hydrogen-bond donors (Lipinski definition) is 0. The van der Waals surface area contributed by atoms with Gasteiger partial charge in [0.25, 0.3) is 0 Å². The molecule has 0 bridgehead atoms. The van der Waals surface area contributed by atoms with Gasteiger partial charge >= 0.3 is 0 Å². The molecule has 0 fully saturated rings. The molecule has 0 unspecified atom stereocenters. The molecule has 4 rings (SSSR count). The first kappa shape index (κ1) is 28.9. The quantitative estimate of drug-likeness (QED) is 0.179. The molecule has 1 aromatic heterocycles. The molecule has 0 aliphatic carbocycles. The number of benzene rings is 3. The van der Waals surface area contributed by atoms with Gasteiger partial charge in [-0.15, -0.1) is 0 Å². The third-order valence-corrected chi connectivity index (χ3v) is 7.57. The van der Waals surface area contributed by atoms with E-state index >= 15 is 0 Å². The molecule has 0 saturated heterocycles. The molecule has 0 radical (unpaired) electrons. The summed E-state index contributed by atoms with van der Waals surface area (Å²) in [6.07, 6.45) is 2.96. The average molecular weight is 541 g/mol. The van der Waals surface area contributed by atoms with Crippen LogP contribution in [0, 0.1) is 6.92 Å². The second kappa shape index (κ2) is 13.8. The fraction of sp³-hybridized carbons (Fsp3) is 0.343. The Hall–Kier alpha value is -3.14. The number of pyridine rings is 1. The van der Waals surface area contributed by atoms with Crippen LogP contribution in [0.15, 0.2) is 78.9 Å². The lowest BCUT2D eigenvalue weighted by molar-refractivity contribution is 0.223. The minimum atomic E-state index is 0.0619. The maximum absolute atomic E-state index is 6.60. The second-order valence-electron chi connectivity index (χ2n) is 10.4. The largest absolute Gasteiger partial charge is 0.491 e. The van der Waals surface area contributed by atoms with Crippen LogP contribution in [0.1, 0.15) is 61.2 Å². The van der Waals surface area contributed by atoms with Crippen molar-refractivity contribution in [1.29, 1.82) is 0 Å². The molecule has 0 aliphatic rings. The van der Waals surface area contributed by atoms with E-state index in [0.717, 1.165) is 72.2 Å². The highest BCUT2D eigenvalue weighted by Gasteiger charge is 2.20. The maximum atomic E-state index is 6.60. The zero-order valence-electron chi connectivity index (χ0n) is 24.0. The number of nitrogens with zero attached hydrogens (tertiary/aromatic N) is 2. The van der Waals surface area contributed by atoms with Gasteiger partial charge < -0.3 is 4.74 Å². The van der Waals surface area contributed by atoms with Crippen LogP contribution >= 0.6 is 11.6 Å². The summed E-state index contributed by atoms with van der Waals surface area (Å²) >= 11 is 6.60. The number of aryl methyl sites for hydroxylation is 3. The van der Waals surface area contributed by atoms with Crippen LogP contribution < -0.4 is 4.74 Å². The highest BCUT2D eigenvalue weighted by atomic mass is 35.5. The Morgan fingerprint density at radius 2 is 1.46 bits per heavy atom. The van der Waals surface area contributed by atoms with Crippen molar-refractivity contribution in [1.82, 2.24) is 9.88 Å². The van der Waals surface area contributed by atoms with Crippen LogP contribution in [0.5, 0.6) is 5.75 Å². The number of aromatic nitrogens is 1. The van der Waals surface area contributed by atoms with Crippen LogP contribution in [0.25, 0.3) is 11.3 Å². The molecule has 1 heterocycles. The molecule has 4 aromatic rings. The second-order valence-corrected chi connectivity index (χ2v) is 10.8. The summed E-state index contributed by atoms with van der Waals surface area (Å²) in [6, 6.07) is 27.6.